The molecule has 0 amide bonds. The van der Waals surface area contributed by atoms with Gasteiger partial charge in [0, 0.05) is 5.56 Å². The van der Waals surface area contributed by atoms with Crippen LogP contribution >= 0.6 is 33.9 Å². The largest absolute Gasteiger partial charge is 0.497 e. The number of benzene rings is 4. The molecule has 1 aliphatic rings. The average Bonchev–Trinajstić information content (AvgIpc) is 3.41. The number of carbonyl (C=O) groups is 1. The summed E-state index contributed by atoms with van der Waals surface area (Å²) in [5, 5.41) is 0. The number of carbonyl (C=O) groups excluding carboxylic acids is 1. The van der Waals surface area contributed by atoms with Crippen LogP contribution in [0.25, 0.3) is 11.8 Å². The number of hydrogen-bond donors (Lipinski definition) is 0. The van der Waals surface area contributed by atoms with Crippen molar-refractivity contribution >= 4 is 51.7 Å². The SMILES string of the molecule is CCOC(=O)C1=C(c2ccccc2)N=c2s/c(=C\c3cc(I)c(OCc4ccccc4)c(OC)c3)c(=O)n2[C@H]1c1cccc(OC)c1. The van der Waals surface area contributed by atoms with Gasteiger partial charge in [-0.1, -0.05) is 84.1 Å². The van der Waals surface area contributed by atoms with Crippen molar-refractivity contribution in [3.05, 3.63) is 148 Å². The third kappa shape index (κ3) is 6.75. The second-order valence-electron chi connectivity index (χ2n) is 10.5. The topological polar surface area (TPSA) is 88.4 Å². The van der Waals surface area contributed by atoms with Crippen LogP contribution in [0.15, 0.2) is 112 Å². The molecule has 4 aromatic carbocycles. The van der Waals surface area contributed by atoms with E-state index in [1.54, 1.807) is 25.7 Å². The smallest absolute Gasteiger partial charge is 0.338 e. The molecule has 0 unspecified atom stereocenters. The van der Waals surface area contributed by atoms with Crippen LogP contribution in [0.3, 0.4) is 0 Å². The predicted octanol–water partition coefficient (Wildman–Crippen LogP) is 6.14. The fraction of sp³-hybridized carbons (Fsp3) is 0.162. The molecule has 1 atom stereocenters. The molecule has 0 aliphatic carbocycles. The molecule has 0 saturated heterocycles. The van der Waals surface area contributed by atoms with Gasteiger partial charge in [-0.05, 0) is 76.5 Å². The summed E-state index contributed by atoms with van der Waals surface area (Å²) in [6.07, 6.45) is 1.81. The molecule has 2 heterocycles. The van der Waals surface area contributed by atoms with Crippen LogP contribution in [-0.2, 0) is 16.1 Å². The fourth-order valence-corrected chi connectivity index (χ4v) is 7.19. The Labute approximate surface area is 289 Å². The van der Waals surface area contributed by atoms with Crippen molar-refractivity contribution in [2.75, 3.05) is 20.8 Å². The lowest BCUT2D eigenvalue weighted by Gasteiger charge is -2.26. The number of aromatic nitrogens is 1. The molecule has 1 aliphatic heterocycles. The molecule has 238 valence electrons. The molecule has 0 saturated carbocycles. The lowest BCUT2D eigenvalue weighted by atomic mass is 9.93. The number of nitrogens with zero attached hydrogens (tertiary/aromatic N) is 2. The third-order valence-electron chi connectivity index (χ3n) is 7.56. The molecule has 0 N–H and O–H groups in total. The van der Waals surface area contributed by atoms with Crippen LogP contribution in [0, 0.1) is 3.57 Å². The van der Waals surface area contributed by atoms with Gasteiger partial charge in [0.15, 0.2) is 16.3 Å². The van der Waals surface area contributed by atoms with E-state index in [1.165, 1.54) is 11.3 Å². The first-order valence-electron chi connectivity index (χ1n) is 14.9. The molecule has 6 rings (SSSR count). The summed E-state index contributed by atoms with van der Waals surface area (Å²) in [5.74, 6) is 1.24. The molecule has 47 heavy (non-hydrogen) atoms. The fourth-order valence-electron chi connectivity index (χ4n) is 5.41. The normalized spacial score (nSPS) is 14.3. The minimum Gasteiger partial charge on any atom is -0.497 e. The Hall–Kier alpha value is -4.68. The van der Waals surface area contributed by atoms with Gasteiger partial charge in [-0.15, -0.1) is 0 Å². The quantitative estimate of drug-likeness (QED) is 0.126. The van der Waals surface area contributed by atoms with Crippen molar-refractivity contribution in [1.82, 2.24) is 4.57 Å². The van der Waals surface area contributed by atoms with E-state index in [-0.39, 0.29) is 17.7 Å². The number of fused-ring (bicyclic) bond motifs is 1. The van der Waals surface area contributed by atoms with E-state index in [2.05, 4.69) is 22.6 Å². The maximum absolute atomic E-state index is 14.3. The van der Waals surface area contributed by atoms with Gasteiger partial charge >= 0.3 is 5.97 Å². The number of rotatable bonds is 10. The predicted molar refractivity (Wildman–Crippen MR) is 191 cm³/mol. The lowest BCUT2D eigenvalue weighted by Crippen LogP contribution is -2.40. The van der Waals surface area contributed by atoms with Crippen LogP contribution in [0.5, 0.6) is 17.2 Å². The highest BCUT2D eigenvalue weighted by atomic mass is 127. The zero-order valence-electron chi connectivity index (χ0n) is 25.9. The summed E-state index contributed by atoms with van der Waals surface area (Å²) in [5.41, 5.74) is 3.69. The second-order valence-corrected chi connectivity index (χ2v) is 12.7. The number of thiazole rings is 1. The maximum Gasteiger partial charge on any atom is 0.338 e. The van der Waals surface area contributed by atoms with Gasteiger partial charge in [0.1, 0.15) is 12.4 Å². The summed E-state index contributed by atoms with van der Waals surface area (Å²) < 4.78 is 25.8. The number of ether oxygens (including phenoxy) is 4. The van der Waals surface area contributed by atoms with Crippen molar-refractivity contribution in [2.45, 2.75) is 19.6 Å². The minimum atomic E-state index is -0.804. The molecule has 10 heteroatoms. The Kier molecular flexibility index (Phi) is 9.88. The molecule has 8 nitrogen and oxygen atoms in total. The van der Waals surface area contributed by atoms with Crippen LogP contribution in [-0.4, -0.2) is 31.4 Å². The Morgan fingerprint density at radius 3 is 2.40 bits per heavy atom. The van der Waals surface area contributed by atoms with Crippen molar-refractivity contribution in [1.29, 1.82) is 0 Å². The Bertz CT molecular complexity index is 2140. The lowest BCUT2D eigenvalue weighted by molar-refractivity contribution is -0.138. The minimum absolute atomic E-state index is 0.172. The van der Waals surface area contributed by atoms with Gasteiger partial charge in [-0.2, -0.15) is 0 Å². The molecule has 0 fully saturated rings. The number of esters is 1. The Morgan fingerprint density at radius 1 is 0.957 bits per heavy atom. The van der Waals surface area contributed by atoms with E-state index in [9.17, 15) is 9.59 Å². The van der Waals surface area contributed by atoms with Gasteiger partial charge in [0.25, 0.3) is 5.56 Å². The molecule has 5 aromatic rings. The zero-order valence-corrected chi connectivity index (χ0v) is 28.9. The number of methoxy groups -OCH3 is 2. The van der Waals surface area contributed by atoms with Gasteiger partial charge in [-0.25, -0.2) is 9.79 Å². The van der Waals surface area contributed by atoms with Crippen molar-refractivity contribution < 1.29 is 23.7 Å². The summed E-state index contributed by atoms with van der Waals surface area (Å²) in [4.78, 5) is 33.4. The summed E-state index contributed by atoms with van der Waals surface area (Å²) in [7, 11) is 3.17. The van der Waals surface area contributed by atoms with Crippen molar-refractivity contribution in [2.24, 2.45) is 4.99 Å². The van der Waals surface area contributed by atoms with Crippen molar-refractivity contribution in [3.8, 4) is 17.2 Å². The molecule has 0 radical (unpaired) electrons. The van der Waals surface area contributed by atoms with E-state index in [0.717, 1.165) is 20.3 Å². The zero-order chi connectivity index (χ0) is 32.9. The first-order valence-corrected chi connectivity index (χ1v) is 16.8. The molecule has 0 bridgehead atoms. The maximum atomic E-state index is 14.3. The van der Waals surface area contributed by atoms with Gasteiger partial charge in [0.2, 0.25) is 0 Å². The van der Waals surface area contributed by atoms with Gasteiger partial charge < -0.3 is 18.9 Å². The van der Waals surface area contributed by atoms with Gasteiger partial charge in [0.05, 0.1) is 46.2 Å². The summed E-state index contributed by atoms with van der Waals surface area (Å²) in [6.45, 7) is 2.32. The van der Waals surface area contributed by atoms with E-state index < -0.39 is 12.0 Å². The second kappa shape index (κ2) is 14.4. The Morgan fingerprint density at radius 2 is 1.70 bits per heavy atom. The highest BCUT2D eigenvalue weighted by Gasteiger charge is 2.35. The first-order chi connectivity index (χ1) is 22.9. The molecular formula is C37H31IN2O6S. The molecule has 0 spiro atoms. The average molecular weight is 759 g/mol. The first kappa shape index (κ1) is 32.3. The monoisotopic (exact) mass is 758 g/mol. The third-order valence-corrected chi connectivity index (χ3v) is 9.34. The van der Waals surface area contributed by atoms with Crippen molar-refractivity contribution in [3.63, 3.8) is 0 Å². The summed E-state index contributed by atoms with van der Waals surface area (Å²) >= 11 is 3.47. The standard InChI is InChI=1S/C37H31IN2O6S/c1-4-45-36(42)31-32(25-14-9-6-10-15-25)39-37-40(33(31)26-16-11-17-27(21-26)43-2)35(41)30(47-37)20-24-18-28(38)34(29(19-24)44-3)46-22-23-12-7-5-8-13-23/h5-21,33H,4,22H2,1-3H3/b30-20-/t33-/m0/s1. The van der Waals surface area contributed by atoms with Crippen LogP contribution in [0.1, 0.15) is 35.2 Å². The highest BCUT2D eigenvalue weighted by Crippen LogP contribution is 2.37. The van der Waals surface area contributed by atoms with Crippen LogP contribution < -0.4 is 29.1 Å². The van der Waals surface area contributed by atoms with E-state index in [1.807, 2.05) is 103 Å². The number of hydrogen-bond acceptors (Lipinski definition) is 8. The van der Waals surface area contributed by atoms with Crippen LogP contribution in [0.4, 0.5) is 0 Å². The van der Waals surface area contributed by atoms with E-state index >= 15 is 0 Å². The van der Waals surface area contributed by atoms with E-state index in [0.29, 0.717) is 44.4 Å². The molecule has 1 aromatic heterocycles. The highest BCUT2D eigenvalue weighted by molar-refractivity contribution is 14.1. The summed E-state index contributed by atoms with van der Waals surface area (Å²) in [6, 6.07) is 29.7. The number of halogens is 1. The molecular weight excluding hydrogens is 727 g/mol. The van der Waals surface area contributed by atoms with E-state index in [4.69, 9.17) is 23.9 Å². The van der Waals surface area contributed by atoms with Gasteiger partial charge in [-0.3, -0.25) is 9.36 Å². The van der Waals surface area contributed by atoms with Crippen LogP contribution in [0.2, 0.25) is 0 Å². The Balaban J connectivity index is 1.51.